The SMILES string of the molecule is Oc1cc(F)c(C2CCCN2)cc1Cl. The lowest BCUT2D eigenvalue weighted by atomic mass is 10.0. The quantitative estimate of drug-likeness (QED) is 0.755. The van der Waals surface area contributed by atoms with Gasteiger partial charge in [-0.3, -0.25) is 0 Å². The maximum atomic E-state index is 13.4. The highest BCUT2D eigenvalue weighted by Crippen LogP contribution is 2.32. The Hall–Kier alpha value is -0.800. The topological polar surface area (TPSA) is 32.3 Å². The van der Waals surface area contributed by atoms with Crippen molar-refractivity contribution >= 4 is 11.6 Å². The van der Waals surface area contributed by atoms with E-state index in [1.807, 2.05) is 0 Å². The summed E-state index contributed by atoms with van der Waals surface area (Å²) in [7, 11) is 0. The number of nitrogens with one attached hydrogen (secondary N) is 1. The molecule has 0 radical (unpaired) electrons. The third-order valence-electron chi connectivity index (χ3n) is 2.50. The van der Waals surface area contributed by atoms with Crippen molar-refractivity contribution in [2.75, 3.05) is 6.54 Å². The molecular weight excluding hydrogens is 205 g/mol. The first kappa shape index (κ1) is 9.74. The molecule has 1 heterocycles. The van der Waals surface area contributed by atoms with Crippen molar-refractivity contribution < 1.29 is 9.50 Å². The van der Waals surface area contributed by atoms with Gasteiger partial charge >= 0.3 is 0 Å². The van der Waals surface area contributed by atoms with Gasteiger partial charge in [-0.1, -0.05) is 11.6 Å². The molecule has 1 fully saturated rings. The predicted molar refractivity (Wildman–Crippen MR) is 53.1 cm³/mol. The van der Waals surface area contributed by atoms with E-state index < -0.39 is 5.82 Å². The van der Waals surface area contributed by atoms with Gasteiger partial charge in [0.2, 0.25) is 0 Å². The Kier molecular flexibility index (Phi) is 2.61. The van der Waals surface area contributed by atoms with E-state index in [1.165, 1.54) is 6.07 Å². The van der Waals surface area contributed by atoms with Crippen molar-refractivity contribution in [3.8, 4) is 5.75 Å². The van der Waals surface area contributed by atoms with Gasteiger partial charge in [-0.25, -0.2) is 4.39 Å². The fourth-order valence-corrected chi connectivity index (χ4v) is 1.94. The Morgan fingerprint density at radius 3 is 2.93 bits per heavy atom. The molecule has 76 valence electrons. The second-order valence-electron chi connectivity index (χ2n) is 3.47. The van der Waals surface area contributed by atoms with Crippen LogP contribution in [-0.2, 0) is 0 Å². The van der Waals surface area contributed by atoms with E-state index in [0.717, 1.165) is 25.5 Å². The van der Waals surface area contributed by atoms with E-state index in [2.05, 4.69) is 5.32 Å². The predicted octanol–water partition coefficient (Wildman–Crippen LogP) is 2.61. The van der Waals surface area contributed by atoms with Crippen LogP contribution in [-0.4, -0.2) is 11.7 Å². The van der Waals surface area contributed by atoms with E-state index in [9.17, 15) is 9.50 Å². The second kappa shape index (κ2) is 3.75. The smallest absolute Gasteiger partial charge is 0.137 e. The largest absolute Gasteiger partial charge is 0.506 e. The fraction of sp³-hybridized carbons (Fsp3) is 0.400. The number of hydrogen-bond acceptors (Lipinski definition) is 2. The van der Waals surface area contributed by atoms with Gasteiger partial charge in [-0.05, 0) is 25.5 Å². The summed E-state index contributed by atoms with van der Waals surface area (Å²) in [5.74, 6) is -0.600. The van der Waals surface area contributed by atoms with Gasteiger partial charge in [0.25, 0.3) is 0 Å². The van der Waals surface area contributed by atoms with Crippen LogP contribution in [0.3, 0.4) is 0 Å². The average Bonchev–Trinajstić information content (AvgIpc) is 2.64. The van der Waals surface area contributed by atoms with E-state index in [-0.39, 0.29) is 16.8 Å². The Morgan fingerprint density at radius 1 is 1.50 bits per heavy atom. The fourth-order valence-electron chi connectivity index (χ4n) is 1.77. The van der Waals surface area contributed by atoms with Gasteiger partial charge in [0.05, 0.1) is 5.02 Å². The first-order valence-electron chi connectivity index (χ1n) is 4.60. The van der Waals surface area contributed by atoms with Gasteiger partial charge in [0.15, 0.2) is 0 Å². The second-order valence-corrected chi connectivity index (χ2v) is 3.88. The van der Waals surface area contributed by atoms with Gasteiger partial charge in [-0.2, -0.15) is 0 Å². The zero-order valence-corrected chi connectivity index (χ0v) is 8.31. The van der Waals surface area contributed by atoms with Crippen molar-refractivity contribution in [1.29, 1.82) is 0 Å². The summed E-state index contributed by atoms with van der Waals surface area (Å²) in [6, 6.07) is 2.60. The van der Waals surface area contributed by atoms with Crippen molar-refractivity contribution in [2.24, 2.45) is 0 Å². The van der Waals surface area contributed by atoms with Gasteiger partial charge in [-0.15, -0.1) is 0 Å². The lowest BCUT2D eigenvalue weighted by Crippen LogP contribution is -2.14. The zero-order valence-electron chi connectivity index (χ0n) is 7.56. The highest BCUT2D eigenvalue weighted by molar-refractivity contribution is 6.32. The van der Waals surface area contributed by atoms with Gasteiger partial charge in [0, 0.05) is 17.7 Å². The third-order valence-corrected chi connectivity index (χ3v) is 2.80. The van der Waals surface area contributed by atoms with Gasteiger partial charge in [0.1, 0.15) is 11.6 Å². The number of rotatable bonds is 1. The highest BCUT2D eigenvalue weighted by atomic mass is 35.5. The lowest BCUT2D eigenvalue weighted by molar-refractivity contribution is 0.465. The Balaban J connectivity index is 2.37. The summed E-state index contributed by atoms with van der Waals surface area (Å²) >= 11 is 5.72. The normalized spacial score (nSPS) is 21.4. The highest BCUT2D eigenvalue weighted by Gasteiger charge is 2.20. The molecule has 1 atom stereocenters. The number of phenols is 1. The Labute approximate surface area is 86.7 Å². The van der Waals surface area contributed by atoms with Crippen molar-refractivity contribution in [1.82, 2.24) is 5.32 Å². The van der Waals surface area contributed by atoms with E-state index in [4.69, 9.17) is 11.6 Å². The van der Waals surface area contributed by atoms with E-state index in [1.54, 1.807) is 0 Å². The molecule has 2 nitrogen and oxygen atoms in total. The summed E-state index contributed by atoms with van der Waals surface area (Å²) < 4.78 is 13.4. The molecule has 2 rings (SSSR count). The summed E-state index contributed by atoms with van der Waals surface area (Å²) in [4.78, 5) is 0. The minimum absolute atomic E-state index is 0.0353. The maximum absolute atomic E-state index is 13.4. The molecule has 1 saturated heterocycles. The molecule has 0 spiro atoms. The molecule has 0 amide bonds. The first-order valence-corrected chi connectivity index (χ1v) is 4.97. The molecule has 1 aromatic carbocycles. The molecule has 0 bridgehead atoms. The van der Waals surface area contributed by atoms with E-state index >= 15 is 0 Å². The summed E-state index contributed by atoms with van der Waals surface area (Å²) in [6.45, 7) is 0.905. The van der Waals surface area contributed by atoms with Crippen molar-refractivity contribution in [2.45, 2.75) is 18.9 Å². The third kappa shape index (κ3) is 1.70. The summed E-state index contributed by atoms with van der Waals surface area (Å²) in [5.41, 5.74) is 0.547. The van der Waals surface area contributed by atoms with Crippen LogP contribution in [0.4, 0.5) is 4.39 Å². The van der Waals surface area contributed by atoms with Crippen molar-refractivity contribution in [3.05, 3.63) is 28.5 Å². The minimum Gasteiger partial charge on any atom is -0.506 e. The molecule has 0 saturated carbocycles. The van der Waals surface area contributed by atoms with Crippen molar-refractivity contribution in [3.63, 3.8) is 0 Å². The average molecular weight is 216 g/mol. The van der Waals surface area contributed by atoms with E-state index in [0.29, 0.717) is 5.56 Å². The monoisotopic (exact) mass is 215 g/mol. The molecule has 1 aliphatic heterocycles. The molecule has 2 N–H and O–H groups in total. The number of phenolic OH excluding ortho intramolecular Hbond substituents is 1. The van der Waals surface area contributed by atoms with Crippen LogP contribution in [0.15, 0.2) is 12.1 Å². The summed E-state index contributed by atoms with van der Waals surface area (Å²) in [6.07, 6.45) is 1.96. The molecule has 1 aliphatic rings. The molecule has 4 heteroatoms. The van der Waals surface area contributed by atoms with Crippen LogP contribution in [0.5, 0.6) is 5.75 Å². The number of hydrogen-bond donors (Lipinski definition) is 2. The molecule has 14 heavy (non-hydrogen) atoms. The molecule has 1 unspecified atom stereocenters. The van der Waals surface area contributed by atoms with Gasteiger partial charge < -0.3 is 10.4 Å². The number of benzene rings is 1. The zero-order chi connectivity index (χ0) is 10.1. The Bertz CT molecular complexity index is 350. The minimum atomic E-state index is -0.397. The molecular formula is C10H11ClFNO. The van der Waals surface area contributed by atoms with Crippen LogP contribution in [0.1, 0.15) is 24.4 Å². The van der Waals surface area contributed by atoms with Crippen LogP contribution < -0.4 is 5.32 Å². The van der Waals surface area contributed by atoms with Crippen LogP contribution in [0.2, 0.25) is 5.02 Å². The number of halogens is 2. The van der Waals surface area contributed by atoms with Crippen LogP contribution >= 0.6 is 11.6 Å². The first-order chi connectivity index (χ1) is 6.68. The molecule has 1 aromatic rings. The maximum Gasteiger partial charge on any atom is 0.137 e. The summed E-state index contributed by atoms with van der Waals surface area (Å²) in [5, 5.41) is 12.6. The standard InChI is InChI=1S/C10H11ClFNO/c11-7-4-6(8(12)5-10(7)14)9-2-1-3-13-9/h4-5,9,13-14H,1-3H2. The Morgan fingerprint density at radius 2 is 2.29 bits per heavy atom. The van der Waals surface area contributed by atoms with Crippen LogP contribution in [0.25, 0.3) is 0 Å². The molecule has 0 aliphatic carbocycles. The lowest BCUT2D eigenvalue weighted by Gasteiger charge is -2.12. The van der Waals surface area contributed by atoms with Crippen LogP contribution in [0, 0.1) is 5.82 Å². The molecule has 0 aromatic heterocycles. The number of aromatic hydroxyl groups is 1.